The van der Waals surface area contributed by atoms with Crippen molar-refractivity contribution in [3.8, 4) is 22.6 Å². The van der Waals surface area contributed by atoms with E-state index in [-0.39, 0.29) is 6.42 Å². The number of thiophene rings is 1. The maximum atomic E-state index is 14.1. The molecule has 5 rings (SSSR count). The zero-order valence-electron chi connectivity index (χ0n) is 21.8. The average Bonchev–Trinajstić information content (AvgIpc) is 3.52. The van der Waals surface area contributed by atoms with Crippen LogP contribution in [0.3, 0.4) is 0 Å². The van der Waals surface area contributed by atoms with Gasteiger partial charge in [-0.25, -0.2) is 4.21 Å². The molecule has 200 valence electrons. The summed E-state index contributed by atoms with van der Waals surface area (Å²) < 4.78 is 28.2. The molecule has 1 N–H and O–H groups in total. The number of carboxylic acids is 1. The van der Waals surface area contributed by atoms with Crippen molar-refractivity contribution in [3.05, 3.63) is 101 Å². The molecule has 0 aliphatic rings. The maximum absolute atomic E-state index is 14.1. The van der Waals surface area contributed by atoms with Crippen LogP contribution in [0.25, 0.3) is 22.0 Å². The highest BCUT2D eigenvalue weighted by atomic mass is 32.2. The third-order valence-corrected chi connectivity index (χ3v) is 9.04. The predicted octanol–water partition coefficient (Wildman–Crippen LogP) is 7.24. The number of fused-ring (bicyclic) bond motifs is 1. The summed E-state index contributed by atoms with van der Waals surface area (Å²) in [5, 5.41) is 10.1. The van der Waals surface area contributed by atoms with Gasteiger partial charge in [-0.05, 0) is 73.4 Å². The van der Waals surface area contributed by atoms with Crippen LogP contribution < -0.4 is 9.47 Å². The zero-order valence-corrected chi connectivity index (χ0v) is 23.4. The largest absolute Gasteiger partial charge is 0.494 e. The topological polar surface area (TPSA) is 77.8 Å². The summed E-state index contributed by atoms with van der Waals surface area (Å²) >= 11 is 1.50. The van der Waals surface area contributed by atoms with Crippen molar-refractivity contribution in [2.45, 2.75) is 37.5 Å². The Morgan fingerprint density at radius 1 is 0.974 bits per heavy atom. The van der Waals surface area contributed by atoms with Gasteiger partial charge in [0.1, 0.15) is 22.3 Å². The van der Waals surface area contributed by atoms with Gasteiger partial charge in [-0.2, -0.15) is 0 Å². The number of nitrogens with zero attached hydrogens (tertiary/aromatic N) is 1. The van der Waals surface area contributed by atoms with Gasteiger partial charge in [0.05, 0.1) is 12.1 Å². The van der Waals surface area contributed by atoms with E-state index in [1.807, 2.05) is 92.8 Å². The number of ether oxygens (including phenoxy) is 2. The van der Waals surface area contributed by atoms with Crippen molar-refractivity contribution in [1.82, 2.24) is 3.97 Å². The fraction of sp³-hybridized carbons (Fsp3) is 0.194. The van der Waals surface area contributed by atoms with E-state index in [0.29, 0.717) is 25.4 Å². The molecule has 0 aliphatic carbocycles. The number of rotatable bonds is 11. The second-order valence-electron chi connectivity index (χ2n) is 9.09. The van der Waals surface area contributed by atoms with Crippen molar-refractivity contribution >= 4 is 39.2 Å². The Balaban J connectivity index is 1.45. The van der Waals surface area contributed by atoms with E-state index in [2.05, 4.69) is 6.07 Å². The summed E-state index contributed by atoms with van der Waals surface area (Å²) in [5.41, 5.74) is 4.57. The molecule has 8 heteroatoms. The number of aliphatic carboxylic acids is 1. The number of hydrogen-bond donors (Lipinski definition) is 1. The van der Waals surface area contributed by atoms with Crippen LogP contribution >= 0.6 is 11.3 Å². The third kappa shape index (κ3) is 6.08. The minimum atomic E-state index is -1.53. The van der Waals surface area contributed by atoms with Gasteiger partial charge in [-0.15, -0.1) is 11.3 Å². The Morgan fingerprint density at radius 2 is 1.72 bits per heavy atom. The first-order chi connectivity index (χ1) is 18.9. The van der Waals surface area contributed by atoms with Crippen LogP contribution in [0.15, 0.2) is 89.3 Å². The Bertz CT molecular complexity index is 1620. The maximum Gasteiger partial charge on any atom is 0.303 e. The molecule has 1 unspecified atom stereocenters. The fourth-order valence-corrected chi connectivity index (χ4v) is 7.25. The lowest BCUT2D eigenvalue weighted by atomic mass is 10.1. The molecule has 0 amide bonds. The molecule has 1 atom stereocenters. The van der Waals surface area contributed by atoms with E-state index in [4.69, 9.17) is 9.47 Å². The summed E-state index contributed by atoms with van der Waals surface area (Å²) in [7, 11) is -1.53. The fourth-order valence-electron chi connectivity index (χ4n) is 4.46. The molecule has 2 aromatic heterocycles. The van der Waals surface area contributed by atoms with E-state index < -0.39 is 17.0 Å². The highest BCUT2D eigenvalue weighted by Gasteiger charge is 2.21. The van der Waals surface area contributed by atoms with Crippen LogP contribution in [-0.2, 0) is 28.8 Å². The quantitative estimate of drug-likeness (QED) is 0.185. The van der Waals surface area contributed by atoms with Gasteiger partial charge in [0.25, 0.3) is 0 Å². The number of aryl methyl sites for hydroxylation is 2. The molecule has 5 aromatic rings. The van der Waals surface area contributed by atoms with E-state index in [0.717, 1.165) is 48.0 Å². The smallest absolute Gasteiger partial charge is 0.303 e. The lowest BCUT2D eigenvalue weighted by Gasteiger charge is -2.09. The molecule has 0 bridgehead atoms. The molecule has 39 heavy (non-hydrogen) atoms. The van der Waals surface area contributed by atoms with Crippen molar-refractivity contribution in [3.63, 3.8) is 0 Å². The number of carbonyl (C=O) groups is 1. The van der Waals surface area contributed by atoms with Gasteiger partial charge in [0.15, 0.2) is 11.0 Å². The third-order valence-electron chi connectivity index (χ3n) is 6.32. The molecule has 0 saturated carbocycles. The van der Waals surface area contributed by atoms with E-state index in [9.17, 15) is 14.1 Å². The van der Waals surface area contributed by atoms with Crippen LogP contribution in [-0.4, -0.2) is 25.9 Å². The first-order valence-electron chi connectivity index (χ1n) is 12.7. The zero-order chi connectivity index (χ0) is 27.4. The molecule has 0 radical (unpaired) electrons. The van der Waals surface area contributed by atoms with Crippen LogP contribution in [0, 0.1) is 6.92 Å². The monoisotopic (exact) mass is 559 g/mol. The van der Waals surface area contributed by atoms with E-state index in [1.54, 1.807) is 3.97 Å². The molecular weight excluding hydrogens is 530 g/mol. The van der Waals surface area contributed by atoms with Gasteiger partial charge >= 0.3 is 5.97 Å². The van der Waals surface area contributed by atoms with Crippen molar-refractivity contribution in [1.29, 1.82) is 0 Å². The Hall–Kier alpha value is -3.88. The average molecular weight is 560 g/mol. The van der Waals surface area contributed by atoms with E-state index >= 15 is 0 Å². The second kappa shape index (κ2) is 11.9. The Morgan fingerprint density at radius 3 is 2.44 bits per heavy atom. The minimum Gasteiger partial charge on any atom is -0.494 e. The van der Waals surface area contributed by atoms with Gasteiger partial charge < -0.3 is 14.6 Å². The molecule has 3 aromatic carbocycles. The predicted molar refractivity (Wildman–Crippen MR) is 156 cm³/mol. The first kappa shape index (κ1) is 26.7. The number of hydrogen-bond acceptors (Lipinski definition) is 5. The number of aromatic nitrogens is 1. The highest BCUT2D eigenvalue weighted by Crippen LogP contribution is 2.37. The van der Waals surface area contributed by atoms with Gasteiger partial charge in [0.2, 0.25) is 0 Å². The summed E-state index contributed by atoms with van der Waals surface area (Å²) in [5.74, 6) is 0.597. The summed E-state index contributed by atoms with van der Waals surface area (Å²) in [4.78, 5) is 12.3. The molecule has 0 aliphatic heterocycles. The highest BCUT2D eigenvalue weighted by molar-refractivity contribution is 7.86. The second-order valence-corrected chi connectivity index (χ2v) is 11.9. The van der Waals surface area contributed by atoms with Gasteiger partial charge in [0, 0.05) is 28.4 Å². The lowest BCUT2D eigenvalue weighted by molar-refractivity contribution is -0.136. The Labute approximate surface area is 234 Å². The van der Waals surface area contributed by atoms with Crippen molar-refractivity contribution in [2.24, 2.45) is 0 Å². The molecule has 0 saturated heterocycles. The molecule has 0 fully saturated rings. The van der Waals surface area contributed by atoms with Crippen LogP contribution in [0.2, 0.25) is 0 Å². The van der Waals surface area contributed by atoms with Gasteiger partial charge in [-0.1, -0.05) is 42.5 Å². The van der Waals surface area contributed by atoms with Crippen LogP contribution in [0.5, 0.6) is 11.5 Å². The molecule has 0 spiro atoms. The van der Waals surface area contributed by atoms with Crippen molar-refractivity contribution < 1.29 is 23.6 Å². The van der Waals surface area contributed by atoms with Crippen LogP contribution in [0.4, 0.5) is 0 Å². The molecule has 6 nitrogen and oxygen atoms in total. The SMILES string of the molecule is CCOc1ccc2c(c1)c(CCC(=O)O)cn2S(=O)c1sc(C)cc1-c1ccc(OCc2ccccc2)cc1. The molecule has 2 heterocycles. The summed E-state index contributed by atoms with van der Waals surface area (Å²) in [6, 6.07) is 25.6. The number of benzene rings is 3. The van der Waals surface area contributed by atoms with E-state index in [1.165, 1.54) is 11.3 Å². The van der Waals surface area contributed by atoms with Crippen molar-refractivity contribution in [2.75, 3.05) is 6.61 Å². The minimum absolute atomic E-state index is 0.00728. The standard InChI is InChI=1S/C31H29NO5S2/c1-3-36-26-14-15-29-27(18-26)24(11-16-30(33)34)19-32(29)39(35)31-28(17-21(2)38-31)23-9-12-25(13-10-23)37-20-22-7-5-4-6-8-22/h4-10,12-15,17-19H,3,11,16,20H2,1-2H3,(H,33,34). The first-order valence-corrected chi connectivity index (χ1v) is 14.6. The number of carboxylic acid groups (broad SMARTS) is 1. The van der Waals surface area contributed by atoms with Crippen LogP contribution in [0.1, 0.15) is 29.3 Å². The normalized spacial score (nSPS) is 11.9. The van der Waals surface area contributed by atoms with Gasteiger partial charge in [-0.3, -0.25) is 8.77 Å². The lowest BCUT2D eigenvalue weighted by Crippen LogP contribution is -2.03. The Kier molecular flexibility index (Phi) is 8.14. The summed E-state index contributed by atoms with van der Waals surface area (Å²) in [6.45, 7) is 4.93. The molecular formula is C31H29NO5S2. The summed E-state index contributed by atoms with van der Waals surface area (Å²) in [6.07, 6.45) is 2.15.